The molecule has 0 radical (unpaired) electrons. The van der Waals surface area contributed by atoms with Gasteiger partial charge < -0.3 is 5.73 Å². The fourth-order valence-corrected chi connectivity index (χ4v) is 2.18. The van der Waals surface area contributed by atoms with Crippen LogP contribution in [0.4, 0.5) is 8.78 Å². The molecule has 1 aromatic heterocycles. The van der Waals surface area contributed by atoms with Gasteiger partial charge in [-0.05, 0) is 24.3 Å². The maximum atomic E-state index is 13.5. The molecule has 0 saturated carbocycles. The predicted octanol–water partition coefficient (Wildman–Crippen LogP) is 2.19. The highest BCUT2D eigenvalue weighted by Crippen LogP contribution is 2.30. The first kappa shape index (κ1) is 12.4. The number of nitrogens with one attached hydrogen (secondary N) is 1. The number of amidine groups is 1. The summed E-state index contributed by atoms with van der Waals surface area (Å²) in [7, 11) is 0. The molecule has 2 aromatic rings. The van der Waals surface area contributed by atoms with E-state index in [-0.39, 0.29) is 15.8 Å². The Labute approximate surface area is 106 Å². The van der Waals surface area contributed by atoms with E-state index in [9.17, 15) is 8.78 Å². The minimum Gasteiger partial charge on any atom is -0.384 e. The largest absolute Gasteiger partial charge is 0.384 e. The monoisotopic (exact) mass is 266 g/mol. The van der Waals surface area contributed by atoms with Crippen molar-refractivity contribution in [2.24, 2.45) is 5.73 Å². The van der Waals surface area contributed by atoms with Crippen molar-refractivity contribution in [2.45, 2.75) is 9.92 Å². The summed E-state index contributed by atoms with van der Waals surface area (Å²) < 4.78 is 26.5. The quantitative estimate of drug-likeness (QED) is 0.659. The third-order valence-electron chi connectivity index (χ3n) is 2.08. The van der Waals surface area contributed by atoms with E-state index in [1.165, 1.54) is 12.3 Å². The van der Waals surface area contributed by atoms with E-state index in [0.29, 0.717) is 5.56 Å². The van der Waals surface area contributed by atoms with E-state index in [4.69, 9.17) is 11.1 Å². The Balaban J connectivity index is 2.40. The summed E-state index contributed by atoms with van der Waals surface area (Å²) in [6, 6.07) is 4.61. The summed E-state index contributed by atoms with van der Waals surface area (Å²) in [5.41, 5.74) is 5.70. The Hall–Kier alpha value is -2.02. The molecule has 0 aliphatic carbocycles. The van der Waals surface area contributed by atoms with Crippen LogP contribution >= 0.6 is 11.8 Å². The number of halogens is 2. The van der Waals surface area contributed by atoms with Gasteiger partial charge in [0.25, 0.3) is 0 Å². The standard InChI is InChI=1S/C11H8F2N4S/c12-6-1-2-8(13)9(5-6)18-11-7(10(14)15)3-4-16-17-11/h1-5H,(H3,14,15). The van der Waals surface area contributed by atoms with Crippen molar-refractivity contribution in [1.82, 2.24) is 10.2 Å². The molecule has 2 rings (SSSR count). The van der Waals surface area contributed by atoms with E-state index < -0.39 is 11.6 Å². The number of hydrogen-bond acceptors (Lipinski definition) is 4. The van der Waals surface area contributed by atoms with Crippen molar-refractivity contribution in [1.29, 1.82) is 5.41 Å². The van der Waals surface area contributed by atoms with Crippen molar-refractivity contribution in [3.05, 3.63) is 47.7 Å². The van der Waals surface area contributed by atoms with Crippen LogP contribution in [0.15, 0.2) is 40.4 Å². The fourth-order valence-electron chi connectivity index (χ4n) is 1.26. The Bertz CT molecular complexity index is 603. The lowest BCUT2D eigenvalue weighted by molar-refractivity contribution is 0.577. The summed E-state index contributed by atoms with van der Waals surface area (Å²) in [6.07, 6.45) is 1.38. The normalized spacial score (nSPS) is 10.3. The topological polar surface area (TPSA) is 75.7 Å². The molecule has 1 heterocycles. The highest BCUT2D eigenvalue weighted by atomic mass is 32.2. The molecule has 7 heteroatoms. The van der Waals surface area contributed by atoms with E-state index in [1.807, 2.05) is 0 Å². The molecular weight excluding hydrogens is 258 g/mol. The van der Waals surface area contributed by atoms with Crippen LogP contribution < -0.4 is 5.73 Å². The van der Waals surface area contributed by atoms with Gasteiger partial charge >= 0.3 is 0 Å². The molecule has 18 heavy (non-hydrogen) atoms. The van der Waals surface area contributed by atoms with Crippen molar-refractivity contribution < 1.29 is 8.78 Å². The molecule has 0 bridgehead atoms. The summed E-state index contributed by atoms with van der Waals surface area (Å²) >= 11 is 0.874. The van der Waals surface area contributed by atoms with Crippen LogP contribution in [0.2, 0.25) is 0 Å². The zero-order valence-corrected chi connectivity index (χ0v) is 9.84. The van der Waals surface area contributed by atoms with Crippen LogP contribution in [-0.2, 0) is 0 Å². The molecule has 0 amide bonds. The maximum Gasteiger partial charge on any atom is 0.137 e. The number of benzene rings is 1. The summed E-state index contributed by atoms with van der Waals surface area (Å²) in [4.78, 5) is 0.0676. The molecule has 0 aliphatic heterocycles. The minimum absolute atomic E-state index is 0.0676. The molecule has 4 nitrogen and oxygen atoms in total. The molecule has 0 aliphatic rings. The van der Waals surface area contributed by atoms with E-state index in [2.05, 4.69) is 10.2 Å². The Kier molecular flexibility index (Phi) is 3.52. The zero-order chi connectivity index (χ0) is 13.1. The average Bonchev–Trinajstić information content (AvgIpc) is 2.34. The third-order valence-corrected chi connectivity index (χ3v) is 3.10. The van der Waals surface area contributed by atoms with Gasteiger partial charge in [0.15, 0.2) is 0 Å². The minimum atomic E-state index is -0.568. The van der Waals surface area contributed by atoms with Crippen LogP contribution in [0.3, 0.4) is 0 Å². The Morgan fingerprint density at radius 1 is 1.28 bits per heavy atom. The van der Waals surface area contributed by atoms with Gasteiger partial charge in [-0.2, -0.15) is 5.10 Å². The Morgan fingerprint density at radius 3 is 2.78 bits per heavy atom. The summed E-state index contributed by atoms with van der Waals surface area (Å²) in [5, 5.41) is 15.0. The number of rotatable bonds is 3. The summed E-state index contributed by atoms with van der Waals surface area (Å²) in [6.45, 7) is 0. The van der Waals surface area contributed by atoms with Crippen LogP contribution in [0.5, 0.6) is 0 Å². The first-order chi connectivity index (χ1) is 8.58. The first-order valence-corrected chi connectivity index (χ1v) is 5.68. The summed E-state index contributed by atoms with van der Waals surface area (Å²) in [5.74, 6) is -1.32. The van der Waals surface area contributed by atoms with Crippen molar-refractivity contribution in [2.75, 3.05) is 0 Å². The SMILES string of the molecule is N=C(N)c1ccnnc1Sc1cc(F)ccc1F. The molecule has 0 atom stereocenters. The van der Waals surface area contributed by atoms with Crippen LogP contribution in [0.25, 0.3) is 0 Å². The highest BCUT2D eigenvalue weighted by molar-refractivity contribution is 7.99. The van der Waals surface area contributed by atoms with Gasteiger partial charge in [-0.3, -0.25) is 5.41 Å². The van der Waals surface area contributed by atoms with Gasteiger partial charge in [0.1, 0.15) is 22.5 Å². The lowest BCUT2D eigenvalue weighted by atomic mass is 10.3. The predicted molar refractivity (Wildman–Crippen MR) is 63.5 cm³/mol. The van der Waals surface area contributed by atoms with Gasteiger partial charge in [-0.1, -0.05) is 11.8 Å². The van der Waals surface area contributed by atoms with E-state index in [1.54, 1.807) is 0 Å². The van der Waals surface area contributed by atoms with Crippen LogP contribution in [0, 0.1) is 17.0 Å². The van der Waals surface area contributed by atoms with Gasteiger partial charge in [0.2, 0.25) is 0 Å². The zero-order valence-electron chi connectivity index (χ0n) is 9.02. The first-order valence-electron chi connectivity index (χ1n) is 4.87. The number of aromatic nitrogens is 2. The van der Waals surface area contributed by atoms with Crippen LogP contribution in [0.1, 0.15) is 5.56 Å². The van der Waals surface area contributed by atoms with Gasteiger partial charge in [0.05, 0.1) is 16.7 Å². The van der Waals surface area contributed by atoms with Crippen molar-refractivity contribution in [3.63, 3.8) is 0 Å². The molecule has 92 valence electrons. The lowest BCUT2D eigenvalue weighted by Crippen LogP contribution is -2.13. The molecular formula is C11H8F2N4S. The number of nitrogen functional groups attached to an aromatic ring is 1. The van der Waals surface area contributed by atoms with Crippen molar-refractivity contribution >= 4 is 17.6 Å². The molecule has 1 aromatic carbocycles. The fraction of sp³-hybridized carbons (Fsp3) is 0. The Morgan fingerprint density at radius 2 is 2.06 bits per heavy atom. The van der Waals surface area contributed by atoms with Crippen molar-refractivity contribution in [3.8, 4) is 0 Å². The van der Waals surface area contributed by atoms with E-state index in [0.717, 1.165) is 30.0 Å². The molecule has 0 spiro atoms. The van der Waals surface area contributed by atoms with Gasteiger partial charge in [0, 0.05) is 0 Å². The second kappa shape index (κ2) is 5.09. The second-order valence-corrected chi connectivity index (χ2v) is 4.37. The number of hydrogen-bond donors (Lipinski definition) is 2. The average molecular weight is 266 g/mol. The number of nitrogens with two attached hydrogens (primary N) is 1. The number of nitrogens with zero attached hydrogens (tertiary/aromatic N) is 2. The lowest BCUT2D eigenvalue weighted by Gasteiger charge is -2.06. The molecule has 0 saturated heterocycles. The molecule has 0 unspecified atom stereocenters. The van der Waals surface area contributed by atoms with Gasteiger partial charge in [-0.25, -0.2) is 8.78 Å². The van der Waals surface area contributed by atoms with E-state index >= 15 is 0 Å². The van der Waals surface area contributed by atoms with Crippen LogP contribution in [-0.4, -0.2) is 16.0 Å². The third kappa shape index (κ3) is 2.62. The molecule has 3 N–H and O–H groups in total. The molecule has 0 fully saturated rings. The maximum absolute atomic E-state index is 13.5. The highest BCUT2D eigenvalue weighted by Gasteiger charge is 2.12. The van der Waals surface area contributed by atoms with Gasteiger partial charge in [-0.15, -0.1) is 5.10 Å². The smallest absolute Gasteiger partial charge is 0.137 e. The second-order valence-electron chi connectivity index (χ2n) is 3.34.